The van der Waals surface area contributed by atoms with E-state index in [1.807, 2.05) is 4.68 Å². The minimum atomic E-state index is 0.0120. The molecule has 0 atom stereocenters. The van der Waals surface area contributed by atoms with Crippen LogP contribution in [0, 0.1) is 0 Å². The highest BCUT2D eigenvalue weighted by molar-refractivity contribution is 9.10. The molecule has 5 heteroatoms. The van der Waals surface area contributed by atoms with Crippen molar-refractivity contribution in [1.82, 2.24) is 14.8 Å². The van der Waals surface area contributed by atoms with Gasteiger partial charge in [0.1, 0.15) is 5.65 Å². The maximum Gasteiger partial charge on any atom is 0.206 e. The van der Waals surface area contributed by atoms with Crippen molar-refractivity contribution in [2.75, 3.05) is 0 Å². The van der Waals surface area contributed by atoms with Crippen molar-refractivity contribution in [2.24, 2.45) is 0 Å². The number of fused-ring (bicyclic) bond motifs is 1. The van der Waals surface area contributed by atoms with Crippen molar-refractivity contribution in [3.8, 4) is 0 Å². The lowest BCUT2D eigenvalue weighted by Gasteiger charge is -2.10. The normalized spacial score (nSPS) is 17.3. The molecule has 2 aromatic rings. The fourth-order valence-electron chi connectivity index (χ4n) is 2.42. The summed E-state index contributed by atoms with van der Waals surface area (Å²) in [6.45, 7) is 0. The fourth-order valence-corrected chi connectivity index (χ4v) is 2.75. The molecule has 1 saturated carbocycles. The molecule has 4 nitrogen and oxygen atoms in total. The quantitative estimate of drug-likeness (QED) is 0.874. The lowest BCUT2D eigenvalue weighted by atomic mass is 10.2. The van der Waals surface area contributed by atoms with Gasteiger partial charge in [0.25, 0.3) is 0 Å². The highest BCUT2D eigenvalue weighted by Gasteiger charge is 2.20. The zero-order chi connectivity index (χ0) is 11.1. The molecule has 0 amide bonds. The van der Waals surface area contributed by atoms with Crippen LogP contribution in [-0.2, 0) is 0 Å². The Morgan fingerprint density at radius 3 is 2.94 bits per heavy atom. The number of nitrogens with one attached hydrogen (secondary N) is 1. The number of aromatic nitrogens is 3. The van der Waals surface area contributed by atoms with Gasteiger partial charge in [-0.3, -0.25) is 4.79 Å². The van der Waals surface area contributed by atoms with Crippen molar-refractivity contribution in [3.05, 3.63) is 27.1 Å². The highest BCUT2D eigenvalue weighted by atomic mass is 79.9. The summed E-state index contributed by atoms with van der Waals surface area (Å²) in [5.41, 5.74) is 0.859. The summed E-state index contributed by atoms with van der Waals surface area (Å²) in [6.07, 6.45) is 8.19. The van der Waals surface area contributed by atoms with Crippen molar-refractivity contribution in [1.29, 1.82) is 0 Å². The number of H-pyrrole nitrogens is 1. The first-order chi connectivity index (χ1) is 7.77. The van der Waals surface area contributed by atoms with Gasteiger partial charge in [-0.2, -0.15) is 5.10 Å². The molecule has 1 fully saturated rings. The van der Waals surface area contributed by atoms with E-state index in [4.69, 9.17) is 0 Å². The Balaban J connectivity index is 2.20. The van der Waals surface area contributed by atoms with Gasteiger partial charge in [-0.05, 0) is 28.8 Å². The number of nitrogens with zero attached hydrogens (tertiary/aromatic N) is 2. The first kappa shape index (κ1) is 10.1. The zero-order valence-corrected chi connectivity index (χ0v) is 10.3. The predicted octanol–water partition coefficient (Wildman–Crippen LogP) is 2.60. The monoisotopic (exact) mass is 281 g/mol. The van der Waals surface area contributed by atoms with E-state index in [-0.39, 0.29) is 5.43 Å². The van der Waals surface area contributed by atoms with E-state index >= 15 is 0 Å². The molecule has 0 radical (unpaired) electrons. The van der Waals surface area contributed by atoms with E-state index in [1.54, 1.807) is 12.4 Å². The lowest BCUT2D eigenvalue weighted by molar-refractivity contribution is 0.478. The van der Waals surface area contributed by atoms with Gasteiger partial charge in [0.15, 0.2) is 0 Å². The summed E-state index contributed by atoms with van der Waals surface area (Å²) in [5.74, 6) is 0. The molecule has 0 aliphatic heterocycles. The Hall–Kier alpha value is -1.10. The van der Waals surface area contributed by atoms with Crippen LogP contribution in [0.1, 0.15) is 31.7 Å². The summed E-state index contributed by atoms with van der Waals surface area (Å²) in [6, 6.07) is 0.453. The van der Waals surface area contributed by atoms with E-state index in [2.05, 4.69) is 26.0 Å². The molecule has 0 aromatic carbocycles. The largest absolute Gasteiger partial charge is 0.345 e. The van der Waals surface area contributed by atoms with E-state index in [1.165, 1.54) is 12.8 Å². The van der Waals surface area contributed by atoms with Crippen LogP contribution in [0.25, 0.3) is 11.0 Å². The van der Waals surface area contributed by atoms with Crippen LogP contribution in [0.5, 0.6) is 0 Å². The molecular weight excluding hydrogens is 270 g/mol. The molecule has 0 spiro atoms. The van der Waals surface area contributed by atoms with E-state index in [9.17, 15) is 4.79 Å². The molecule has 1 aliphatic carbocycles. The molecular formula is C11H12BrN3O. The van der Waals surface area contributed by atoms with Gasteiger partial charge in [0.2, 0.25) is 5.43 Å². The summed E-state index contributed by atoms with van der Waals surface area (Å²) in [7, 11) is 0. The minimum Gasteiger partial charge on any atom is -0.345 e. The maximum atomic E-state index is 11.8. The molecule has 3 rings (SSSR count). The third-order valence-electron chi connectivity index (χ3n) is 3.26. The Morgan fingerprint density at radius 2 is 2.19 bits per heavy atom. The average molecular weight is 282 g/mol. The molecule has 0 saturated heterocycles. The first-order valence-corrected chi connectivity index (χ1v) is 6.31. The summed E-state index contributed by atoms with van der Waals surface area (Å²) in [4.78, 5) is 15.0. The number of aromatic amines is 1. The SMILES string of the molecule is O=c1c(Br)c[nH]c2c1cnn2C1CCCC1. The number of rotatable bonds is 1. The third kappa shape index (κ3) is 1.42. The van der Waals surface area contributed by atoms with Crippen LogP contribution in [0.2, 0.25) is 0 Å². The van der Waals surface area contributed by atoms with Gasteiger partial charge in [0, 0.05) is 6.20 Å². The second-order valence-electron chi connectivity index (χ2n) is 4.26. The number of hydrogen-bond donors (Lipinski definition) is 1. The van der Waals surface area contributed by atoms with E-state index in [0.29, 0.717) is 15.9 Å². The fraction of sp³-hybridized carbons (Fsp3) is 0.455. The zero-order valence-electron chi connectivity index (χ0n) is 8.74. The Bertz CT molecular complexity index is 580. The highest BCUT2D eigenvalue weighted by Crippen LogP contribution is 2.30. The first-order valence-electron chi connectivity index (χ1n) is 5.52. The minimum absolute atomic E-state index is 0.0120. The van der Waals surface area contributed by atoms with Crippen LogP contribution in [0.15, 0.2) is 21.7 Å². The van der Waals surface area contributed by atoms with Gasteiger partial charge in [-0.25, -0.2) is 4.68 Å². The number of hydrogen-bond acceptors (Lipinski definition) is 2. The molecule has 16 heavy (non-hydrogen) atoms. The van der Waals surface area contributed by atoms with Crippen LogP contribution in [-0.4, -0.2) is 14.8 Å². The van der Waals surface area contributed by atoms with Crippen molar-refractivity contribution in [2.45, 2.75) is 31.7 Å². The van der Waals surface area contributed by atoms with Crippen LogP contribution < -0.4 is 5.43 Å². The standard InChI is InChI=1S/C11H12BrN3O/c12-9-6-13-11-8(10(9)16)5-14-15(11)7-3-1-2-4-7/h5-7H,1-4H2,(H,13,16). The lowest BCUT2D eigenvalue weighted by Crippen LogP contribution is -2.09. The van der Waals surface area contributed by atoms with E-state index < -0.39 is 0 Å². The van der Waals surface area contributed by atoms with Crippen molar-refractivity contribution in [3.63, 3.8) is 0 Å². The molecule has 2 aromatic heterocycles. The van der Waals surface area contributed by atoms with Crippen LogP contribution in [0.4, 0.5) is 0 Å². The van der Waals surface area contributed by atoms with E-state index in [0.717, 1.165) is 18.5 Å². The Labute approximate surface area is 101 Å². The molecule has 0 unspecified atom stereocenters. The molecule has 1 N–H and O–H groups in total. The number of halogens is 1. The predicted molar refractivity (Wildman–Crippen MR) is 65.6 cm³/mol. The summed E-state index contributed by atoms with van der Waals surface area (Å²) in [5, 5.41) is 5.01. The van der Waals surface area contributed by atoms with Gasteiger partial charge < -0.3 is 4.98 Å². The molecule has 1 aliphatic rings. The second kappa shape index (κ2) is 3.73. The molecule has 84 valence electrons. The van der Waals surface area contributed by atoms with Crippen LogP contribution >= 0.6 is 15.9 Å². The smallest absolute Gasteiger partial charge is 0.206 e. The van der Waals surface area contributed by atoms with Gasteiger partial charge in [-0.15, -0.1) is 0 Å². The Morgan fingerprint density at radius 1 is 1.44 bits per heavy atom. The summed E-state index contributed by atoms with van der Waals surface area (Å²) < 4.78 is 2.53. The van der Waals surface area contributed by atoms with Crippen LogP contribution in [0.3, 0.4) is 0 Å². The van der Waals surface area contributed by atoms with Crippen molar-refractivity contribution < 1.29 is 0 Å². The van der Waals surface area contributed by atoms with Gasteiger partial charge >= 0.3 is 0 Å². The third-order valence-corrected chi connectivity index (χ3v) is 3.85. The van der Waals surface area contributed by atoms with Gasteiger partial charge in [-0.1, -0.05) is 12.8 Å². The second-order valence-corrected chi connectivity index (χ2v) is 5.11. The maximum absolute atomic E-state index is 11.8. The molecule has 2 heterocycles. The topological polar surface area (TPSA) is 50.7 Å². The van der Waals surface area contributed by atoms with Crippen molar-refractivity contribution >= 4 is 27.0 Å². The Kier molecular flexibility index (Phi) is 2.35. The summed E-state index contributed by atoms with van der Waals surface area (Å²) >= 11 is 3.23. The number of pyridine rings is 1. The molecule has 0 bridgehead atoms. The average Bonchev–Trinajstić information content (AvgIpc) is 2.91. The van der Waals surface area contributed by atoms with Gasteiger partial charge in [0.05, 0.1) is 22.1 Å².